The minimum absolute atomic E-state index is 0.143. The zero-order valence-corrected chi connectivity index (χ0v) is 20.7. The summed E-state index contributed by atoms with van der Waals surface area (Å²) in [6, 6.07) is 9.28. The highest BCUT2D eigenvalue weighted by Crippen LogP contribution is 2.40. The van der Waals surface area contributed by atoms with E-state index in [0.29, 0.717) is 45.4 Å². The molecule has 10 heteroatoms. The maximum absolute atomic E-state index is 11.5. The van der Waals surface area contributed by atoms with Gasteiger partial charge in [-0.15, -0.1) is 0 Å². The van der Waals surface area contributed by atoms with E-state index in [0.717, 1.165) is 43.2 Å². The van der Waals surface area contributed by atoms with E-state index in [1.165, 1.54) is 6.33 Å². The fraction of sp³-hybridized carbons (Fsp3) is 0.400. The predicted molar refractivity (Wildman–Crippen MR) is 135 cm³/mol. The van der Waals surface area contributed by atoms with E-state index in [1.54, 1.807) is 24.1 Å². The van der Waals surface area contributed by atoms with Crippen LogP contribution >= 0.6 is 23.2 Å². The first-order chi connectivity index (χ1) is 16.9. The van der Waals surface area contributed by atoms with Gasteiger partial charge in [0.15, 0.2) is 11.5 Å². The van der Waals surface area contributed by atoms with Gasteiger partial charge in [0.05, 0.1) is 29.3 Å². The number of carbonyl (C=O) groups is 1. The number of fused-ring (bicyclic) bond motifs is 3. The van der Waals surface area contributed by atoms with Crippen LogP contribution in [0.2, 0.25) is 10.0 Å². The molecule has 3 aromatic rings. The molecule has 2 fully saturated rings. The van der Waals surface area contributed by atoms with Crippen LogP contribution in [0.3, 0.4) is 0 Å². The Morgan fingerprint density at radius 3 is 2.57 bits per heavy atom. The Balaban J connectivity index is 1.28. The van der Waals surface area contributed by atoms with Gasteiger partial charge in [-0.3, -0.25) is 0 Å². The Hall–Kier alpha value is -2.97. The van der Waals surface area contributed by atoms with Gasteiger partial charge in [-0.2, -0.15) is 0 Å². The lowest BCUT2D eigenvalue weighted by Crippen LogP contribution is -2.46. The van der Waals surface area contributed by atoms with Gasteiger partial charge in [0.1, 0.15) is 12.1 Å². The Labute approximate surface area is 213 Å². The molecule has 0 saturated carbocycles. The van der Waals surface area contributed by atoms with Crippen molar-refractivity contribution in [2.45, 2.75) is 44.2 Å². The first kappa shape index (κ1) is 23.8. The molecule has 3 atom stereocenters. The number of nitrogens with zero attached hydrogens (tertiary/aromatic N) is 3. The summed E-state index contributed by atoms with van der Waals surface area (Å²) in [6.07, 6.45) is 5.30. The number of amides is 1. The summed E-state index contributed by atoms with van der Waals surface area (Å²) in [6.45, 7) is 0.526. The molecule has 3 heterocycles. The molecule has 8 nitrogen and oxygen atoms in total. The summed E-state index contributed by atoms with van der Waals surface area (Å²) >= 11 is 12.2. The van der Waals surface area contributed by atoms with E-state index in [-0.39, 0.29) is 12.1 Å². The minimum atomic E-state index is -0.789. The number of halogens is 2. The van der Waals surface area contributed by atoms with Crippen LogP contribution in [-0.4, -0.2) is 51.9 Å². The summed E-state index contributed by atoms with van der Waals surface area (Å²) in [5, 5.41) is 14.4. The van der Waals surface area contributed by atoms with E-state index in [2.05, 4.69) is 15.3 Å². The van der Waals surface area contributed by atoms with Crippen LogP contribution in [0.5, 0.6) is 11.5 Å². The molecule has 1 aromatic heterocycles. The highest BCUT2D eigenvalue weighted by Gasteiger charge is 2.43. The Kier molecular flexibility index (Phi) is 6.75. The van der Waals surface area contributed by atoms with Crippen LogP contribution in [0, 0.1) is 5.92 Å². The molecule has 1 unspecified atom stereocenters. The van der Waals surface area contributed by atoms with Gasteiger partial charge in [-0.25, -0.2) is 14.8 Å². The lowest BCUT2D eigenvalue weighted by molar-refractivity contribution is 0.0794. The molecule has 35 heavy (non-hydrogen) atoms. The fourth-order valence-corrected chi connectivity index (χ4v) is 5.62. The molecule has 2 saturated heterocycles. The van der Waals surface area contributed by atoms with Crippen molar-refractivity contribution in [3.8, 4) is 11.5 Å². The van der Waals surface area contributed by atoms with Gasteiger partial charge >= 0.3 is 6.09 Å². The maximum Gasteiger partial charge on any atom is 0.407 e. The van der Waals surface area contributed by atoms with Crippen molar-refractivity contribution in [2.24, 2.45) is 5.92 Å². The number of anilines is 2. The predicted octanol–water partition coefficient (Wildman–Crippen LogP) is 6.38. The van der Waals surface area contributed by atoms with Crippen molar-refractivity contribution in [1.82, 2.24) is 14.9 Å². The van der Waals surface area contributed by atoms with E-state index < -0.39 is 6.09 Å². The third-order valence-corrected chi connectivity index (χ3v) is 7.68. The van der Waals surface area contributed by atoms with Gasteiger partial charge in [0.25, 0.3) is 0 Å². The lowest BCUT2D eigenvalue weighted by Gasteiger charge is -2.37. The van der Waals surface area contributed by atoms with E-state index in [4.69, 9.17) is 32.7 Å². The number of aromatic nitrogens is 2. The number of carboxylic acid groups (broad SMARTS) is 1. The highest BCUT2D eigenvalue weighted by molar-refractivity contribution is 6.42. The molecule has 0 spiro atoms. The first-order valence-corrected chi connectivity index (χ1v) is 12.4. The zero-order chi connectivity index (χ0) is 24.5. The average Bonchev–Trinajstić information content (AvgIpc) is 3.12. The normalized spacial score (nSPS) is 21.2. The van der Waals surface area contributed by atoms with Gasteiger partial charge in [-0.05, 0) is 62.3 Å². The largest absolute Gasteiger partial charge is 0.493 e. The number of nitrogens with one attached hydrogen (secondary N) is 1. The molecule has 2 aliphatic heterocycles. The second-order valence-electron chi connectivity index (χ2n) is 9.05. The van der Waals surface area contributed by atoms with Crippen molar-refractivity contribution in [3.63, 3.8) is 0 Å². The number of piperidine rings is 1. The van der Waals surface area contributed by atoms with Gasteiger partial charge < -0.3 is 24.8 Å². The Bertz CT molecular complexity index is 1240. The summed E-state index contributed by atoms with van der Waals surface area (Å²) in [5.41, 5.74) is 1.47. The summed E-state index contributed by atoms with van der Waals surface area (Å²) in [5.74, 6) is 2.27. The summed E-state index contributed by atoms with van der Waals surface area (Å²) in [4.78, 5) is 22.0. The topological polar surface area (TPSA) is 96.8 Å². The third-order valence-electron chi connectivity index (χ3n) is 6.94. The van der Waals surface area contributed by atoms with Crippen LogP contribution in [0.15, 0.2) is 36.7 Å². The van der Waals surface area contributed by atoms with Crippen molar-refractivity contribution >= 4 is 51.7 Å². The molecule has 5 rings (SSSR count). The zero-order valence-electron chi connectivity index (χ0n) is 19.2. The van der Waals surface area contributed by atoms with Crippen LogP contribution in [-0.2, 0) is 0 Å². The first-order valence-electron chi connectivity index (χ1n) is 11.6. The van der Waals surface area contributed by atoms with E-state index in [9.17, 15) is 9.90 Å². The summed E-state index contributed by atoms with van der Waals surface area (Å²) < 4.78 is 11.7. The molecule has 2 bridgehead atoms. The number of hydrogen-bond donors (Lipinski definition) is 2. The molecular weight excluding hydrogens is 491 g/mol. The van der Waals surface area contributed by atoms with Gasteiger partial charge in [-0.1, -0.05) is 23.2 Å². The quantitative estimate of drug-likeness (QED) is 0.376. The molecule has 1 amide bonds. The van der Waals surface area contributed by atoms with Crippen molar-refractivity contribution in [3.05, 3.63) is 46.7 Å². The second kappa shape index (κ2) is 9.95. The van der Waals surface area contributed by atoms with E-state index in [1.807, 2.05) is 18.2 Å². The van der Waals surface area contributed by atoms with Crippen molar-refractivity contribution < 1.29 is 19.4 Å². The van der Waals surface area contributed by atoms with Crippen LogP contribution < -0.4 is 14.8 Å². The van der Waals surface area contributed by atoms with Crippen LogP contribution in [0.25, 0.3) is 10.9 Å². The molecule has 2 aromatic carbocycles. The lowest BCUT2D eigenvalue weighted by atomic mass is 9.89. The molecule has 2 aliphatic rings. The number of hydrogen-bond acceptors (Lipinski definition) is 6. The van der Waals surface area contributed by atoms with Gasteiger partial charge in [0.2, 0.25) is 0 Å². The number of ether oxygens (including phenoxy) is 2. The second-order valence-corrected chi connectivity index (χ2v) is 9.86. The Morgan fingerprint density at radius 1 is 1.11 bits per heavy atom. The monoisotopic (exact) mass is 516 g/mol. The van der Waals surface area contributed by atoms with E-state index >= 15 is 0 Å². The standard InChI is InChI=1S/C25H26Cl2N4O4/c1-34-22-11-18-21(28-13-29-24(18)30-15-2-5-19(26)20(27)10-15)12-23(22)35-7-6-14-8-16-3-4-17(9-14)31(16)25(32)33/h2,5,10-14,16-17H,3-4,6-9H2,1H3,(H,32,33)(H,28,29,30)/t14?,16-,17+. The molecule has 0 aliphatic carbocycles. The highest BCUT2D eigenvalue weighted by atomic mass is 35.5. The van der Waals surface area contributed by atoms with Crippen molar-refractivity contribution in [1.29, 1.82) is 0 Å². The maximum atomic E-state index is 11.5. The molecule has 0 radical (unpaired) electrons. The van der Waals surface area contributed by atoms with Gasteiger partial charge in [0, 0.05) is 29.2 Å². The fourth-order valence-electron chi connectivity index (χ4n) is 5.32. The Morgan fingerprint density at radius 2 is 1.89 bits per heavy atom. The molecular formula is C25H26Cl2N4O4. The van der Waals surface area contributed by atoms with Crippen LogP contribution in [0.4, 0.5) is 16.3 Å². The molecule has 184 valence electrons. The average molecular weight is 517 g/mol. The summed E-state index contributed by atoms with van der Waals surface area (Å²) in [7, 11) is 1.60. The third kappa shape index (κ3) is 4.90. The van der Waals surface area contributed by atoms with Crippen molar-refractivity contribution in [2.75, 3.05) is 19.0 Å². The molecule has 2 N–H and O–H groups in total. The SMILES string of the molecule is COc1cc2c(Nc3ccc(Cl)c(Cl)c3)ncnc2cc1OCCC1C[C@H]2CC[C@@H](C1)N2C(=O)O. The number of benzene rings is 2. The minimum Gasteiger partial charge on any atom is -0.493 e. The smallest absolute Gasteiger partial charge is 0.407 e. The number of rotatable bonds is 7. The number of methoxy groups -OCH3 is 1. The van der Waals surface area contributed by atoms with Crippen LogP contribution in [0.1, 0.15) is 32.1 Å².